The van der Waals surface area contributed by atoms with E-state index in [1.54, 1.807) is 12.1 Å². The van der Waals surface area contributed by atoms with Crippen molar-refractivity contribution >= 4 is 29.9 Å². The summed E-state index contributed by atoms with van der Waals surface area (Å²) < 4.78 is 0. The first-order chi connectivity index (χ1) is 10.7. The highest BCUT2D eigenvalue weighted by Crippen LogP contribution is 2.26. The van der Waals surface area contributed by atoms with E-state index < -0.39 is 0 Å². The van der Waals surface area contributed by atoms with E-state index in [0.717, 1.165) is 24.0 Å². The number of rotatable bonds is 5. The average Bonchev–Trinajstić information content (AvgIpc) is 2.55. The highest BCUT2D eigenvalue weighted by atomic mass is 127. The molecule has 0 radical (unpaired) electrons. The molecule has 4 nitrogen and oxygen atoms in total. The van der Waals surface area contributed by atoms with E-state index >= 15 is 0 Å². The third-order valence-electron chi connectivity index (χ3n) is 4.47. The Hall–Kier alpha value is -0.980. The summed E-state index contributed by atoms with van der Waals surface area (Å²) in [5, 5.41) is 16.2. The van der Waals surface area contributed by atoms with Gasteiger partial charge in [-0.1, -0.05) is 25.5 Å². The van der Waals surface area contributed by atoms with Gasteiger partial charge in [-0.3, -0.25) is 0 Å². The summed E-state index contributed by atoms with van der Waals surface area (Å²) in [6, 6.07) is 7.78. The topological polar surface area (TPSA) is 56.7 Å². The van der Waals surface area contributed by atoms with Crippen molar-refractivity contribution in [2.24, 2.45) is 10.9 Å². The third kappa shape index (κ3) is 6.97. The Labute approximate surface area is 157 Å². The zero-order valence-corrected chi connectivity index (χ0v) is 16.5. The molecule has 0 unspecified atom stereocenters. The minimum Gasteiger partial charge on any atom is -0.508 e. The number of benzene rings is 1. The average molecular weight is 431 g/mol. The minimum atomic E-state index is 0. The molecule has 130 valence electrons. The Balaban J connectivity index is 0.00000264. The van der Waals surface area contributed by atoms with E-state index in [4.69, 9.17) is 0 Å². The third-order valence-corrected chi connectivity index (χ3v) is 4.47. The van der Waals surface area contributed by atoms with Crippen LogP contribution in [0.1, 0.15) is 51.5 Å². The Kier molecular flexibility index (Phi) is 9.36. The summed E-state index contributed by atoms with van der Waals surface area (Å²) in [5.41, 5.74) is 1.10. The first-order valence-corrected chi connectivity index (χ1v) is 8.54. The van der Waals surface area contributed by atoms with Gasteiger partial charge in [0.2, 0.25) is 0 Å². The number of phenols is 1. The van der Waals surface area contributed by atoms with Crippen LogP contribution in [0.2, 0.25) is 0 Å². The van der Waals surface area contributed by atoms with Gasteiger partial charge >= 0.3 is 0 Å². The molecule has 1 aliphatic rings. The van der Waals surface area contributed by atoms with Crippen molar-refractivity contribution in [1.82, 2.24) is 10.6 Å². The van der Waals surface area contributed by atoms with E-state index in [1.807, 2.05) is 12.1 Å². The van der Waals surface area contributed by atoms with Crippen LogP contribution in [0.25, 0.3) is 0 Å². The standard InChI is InChI=1S/C18H29N3O.HI/c1-3-14-5-9-16(10-6-14)21-18(19-4-2)20-13-15-7-11-17(22)12-8-15;/h7-8,11-12,14,16,22H,3-6,9-10,13H2,1-2H3,(H2,19,20,21);1H. The minimum absolute atomic E-state index is 0. The summed E-state index contributed by atoms with van der Waals surface area (Å²) >= 11 is 0. The molecule has 2 rings (SSSR count). The number of hydrogen-bond donors (Lipinski definition) is 3. The predicted molar refractivity (Wildman–Crippen MR) is 108 cm³/mol. The molecule has 0 bridgehead atoms. The van der Waals surface area contributed by atoms with Gasteiger partial charge in [-0.2, -0.15) is 0 Å². The van der Waals surface area contributed by atoms with Crippen LogP contribution in [0, 0.1) is 5.92 Å². The van der Waals surface area contributed by atoms with Crippen LogP contribution in [0.3, 0.4) is 0 Å². The fraction of sp³-hybridized carbons (Fsp3) is 0.611. The summed E-state index contributed by atoms with van der Waals surface area (Å²) in [6.07, 6.45) is 6.43. The largest absolute Gasteiger partial charge is 0.508 e. The van der Waals surface area contributed by atoms with Crippen molar-refractivity contribution in [2.75, 3.05) is 6.54 Å². The van der Waals surface area contributed by atoms with Crippen LogP contribution in [0.5, 0.6) is 5.75 Å². The molecule has 0 heterocycles. The highest BCUT2D eigenvalue weighted by molar-refractivity contribution is 14.0. The molecular weight excluding hydrogens is 401 g/mol. The number of nitrogens with zero attached hydrogens (tertiary/aromatic N) is 1. The van der Waals surface area contributed by atoms with Gasteiger partial charge in [-0.25, -0.2) is 4.99 Å². The molecule has 1 aromatic rings. The normalized spacial score (nSPS) is 21.4. The van der Waals surface area contributed by atoms with Crippen LogP contribution in [0.15, 0.2) is 29.3 Å². The molecule has 1 aliphatic carbocycles. The molecule has 0 saturated heterocycles. The second kappa shape index (κ2) is 10.7. The van der Waals surface area contributed by atoms with Gasteiger partial charge in [0.25, 0.3) is 0 Å². The fourth-order valence-electron chi connectivity index (χ4n) is 3.00. The van der Waals surface area contributed by atoms with Crippen molar-refractivity contribution in [3.05, 3.63) is 29.8 Å². The zero-order chi connectivity index (χ0) is 15.8. The summed E-state index contributed by atoms with van der Waals surface area (Å²) in [4.78, 5) is 4.66. The SMILES string of the molecule is CCNC(=NCc1ccc(O)cc1)NC1CCC(CC)CC1.I. The predicted octanol–water partition coefficient (Wildman–Crippen LogP) is 4.03. The van der Waals surface area contributed by atoms with E-state index in [-0.39, 0.29) is 24.0 Å². The molecule has 0 aliphatic heterocycles. The van der Waals surface area contributed by atoms with Crippen molar-refractivity contribution in [1.29, 1.82) is 0 Å². The number of phenolic OH excluding ortho intramolecular Hbond substituents is 1. The number of guanidine groups is 1. The maximum atomic E-state index is 9.32. The molecule has 23 heavy (non-hydrogen) atoms. The maximum Gasteiger partial charge on any atom is 0.191 e. The first-order valence-electron chi connectivity index (χ1n) is 8.54. The number of halogens is 1. The summed E-state index contributed by atoms with van der Waals surface area (Å²) in [6.45, 7) is 5.87. The fourth-order valence-corrected chi connectivity index (χ4v) is 3.00. The lowest BCUT2D eigenvalue weighted by Gasteiger charge is -2.29. The Morgan fingerprint density at radius 3 is 2.35 bits per heavy atom. The smallest absolute Gasteiger partial charge is 0.191 e. The van der Waals surface area contributed by atoms with Crippen molar-refractivity contribution < 1.29 is 5.11 Å². The van der Waals surface area contributed by atoms with Crippen LogP contribution >= 0.6 is 24.0 Å². The van der Waals surface area contributed by atoms with Gasteiger partial charge in [-0.05, 0) is 56.2 Å². The van der Waals surface area contributed by atoms with Gasteiger partial charge in [0.15, 0.2) is 5.96 Å². The van der Waals surface area contributed by atoms with Crippen molar-refractivity contribution in [3.8, 4) is 5.75 Å². The summed E-state index contributed by atoms with van der Waals surface area (Å²) in [7, 11) is 0. The van der Waals surface area contributed by atoms with Gasteiger partial charge < -0.3 is 15.7 Å². The maximum absolute atomic E-state index is 9.32. The number of hydrogen-bond acceptors (Lipinski definition) is 2. The molecule has 5 heteroatoms. The van der Waals surface area contributed by atoms with Gasteiger partial charge in [0, 0.05) is 12.6 Å². The molecule has 0 spiro atoms. The quantitative estimate of drug-likeness (QED) is 0.375. The Morgan fingerprint density at radius 1 is 1.13 bits per heavy atom. The second-order valence-electron chi connectivity index (χ2n) is 6.13. The van der Waals surface area contributed by atoms with Gasteiger partial charge in [0.05, 0.1) is 6.54 Å². The van der Waals surface area contributed by atoms with E-state index in [2.05, 4.69) is 29.5 Å². The van der Waals surface area contributed by atoms with Crippen LogP contribution < -0.4 is 10.6 Å². The molecule has 1 saturated carbocycles. The van der Waals surface area contributed by atoms with Crippen LogP contribution in [0.4, 0.5) is 0 Å². The first kappa shape index (κ1) is 20.1. The molecule has 1 aromatic carbocycles. The van der Waals surface area contributed by atoms with Crippen molar-refractivity contribution in [2.45, 2.75) is 58.5 Å². The number of nitrogens with one attached hydrogen (secondary N) is 2. The van der Waals surface area contributed by atoms with Gasteiger partial charge in [0.1, 0.15) is 5.75 Å². The van der Waals surface area contributed by atoms with E-state index in [9.17, 15) is 5.11 Å². The van der Waals surface area contributed by atoms with E-state index in [0.29, 0.717) is 18.3 Å². The number of aromatic hydroxyl groups is 1. The lowest BCUT2D eigenvalue weighted by Crippen LogP contribution is -2.44. The second-order valence-corrected chi connectivity index (χ2v) is 6.13. The van der Waals surface area contributed by atoms with Crippen molar-refractivity contribution in [3.63, 3.8) is 0 Å². The molecule has 0 amide bonds. The van der Waals surface area contributed by atoms with Gasteiger partial charge in [-0.15, -0.1) is 24.0 Å². The monoisotopic (exact) mass is 431 g/mol. The highest BCUT2D eigenvalue weighted by Gasteiger charge is 2.20. The molecule has 1 fully saturated rings. The molecule has 0 aromatic heterocycles. The Morgan fingerprint density at radius 2 is 1.78 bits per heavy atom. The molecule has 3 N–H and O–H groups in total. The lowest BCUT2D eigenvalue weighted by atomic mass is 9.84. The Bertz CT molecular complexity index is 468. The number of aliphatic imine (C=N–C) groups is 1. The molecular formula is C18H30IN3O. The van der Waals surface area contributed by atoms with E-state index in [1.165, 1.54) is 32.1 Å². The van der Waals surface area contributed by atoms with Crippen LogP contribution in [-0.2, 0) is 6.54 Å². The lowest BCUT2D eigenvalue weighted by molar-refractivity contribution is 0.304. The van der Waals surface area contributed by atoms with Crippen LogP contribution in [-0.4, -0.2) is 23.7 Å². The summed E-state index contributed by atoms with van der Waals surface area (Å²) in [5.74, 6) is 2.11. The molecule has 0 atom stereocenters. The zero-order valence-electron chi connectivity index (χ0n) is 14.2.